The summed E-state index contributed by atoms with van der Waals surface area (Å²) in [5, 5.41) is 0. The topological polar surface area (TPSA) is 36.9 Å². The summed E-state index contributed by atoms with van der Waals surface area (Å²) >= 11 is 0. The van der Waals surface area contributed by atoms with Gasteiger partial charge >= 0.3 is 5.97 Å². The van der Waals surface area contributed by atoms with Crippen molar-refractivity contribution in [2.75, 3.05) is 6.61 Å². The van der Waals surface area contributed by atoms with Crippen LogP contribution in [0.25, 0.3) is 0 Å². The SMILES string of the molecule is C=COCC(OC=C)(OC=C)OC=C. The molecule has 0 rings (SSSR count). The number of rotatable bonds is 9. The Kier molecular flexibility index (Phi) is 5.78. The molecule has 0 heterocycles. The summed E-state index contributed by atoms with van der Waals surface area (Å²) in [5.74, 6) is -1.44. The molecule has 0 saturated heterocycles. The highest BCUT2D eigenvalue weighted by atomic mass is 16.9. The molecule has 78 valence electrons. The van der Waals surface area contributed by atoms with Gasteiger partial charge in [0.25, 0.3) is 0 Å². The third-order valence-electron chi connectivity index (χ3n) is 1.17. The molecule has 0 aromatic heterocycles. The van der Waals surface area contributed by atoms with Crippen LogP contribution in [0.15, 0.2) is 51.4 Å². The van der Waals surface area contributed by atoms with Gasteiger partial charge in [0.05, 0.1) is 25.0 Å². The van der Waals surface area contributed by atoms with Crippen molar-refractivity contribution >= 4 is 0 Å². The first-order valence-electron chi connectivity index (χ1n) is 3.83. The first kappa shape index (κ1) is 12.2. The molecule has 0 fully saturated rings. The van der Waals surface area contributed by atoms with Crippen LogP contribution in [0.1, 0.15) is 0 Å². The van der Waals surface area contributed by atoms with Crippen molar-refractivity contribution in [3.8, 4) is 0 Å². The van der Waals surface area contributed by atoms with E-state index >= 15 is 0 Å². The van der Waals surface area contributed by atoms with E-state index in [-0.39, 0.29) is 6.61 Å². The highest BCUT2D eigenvalue weighted by molar-refractivity contribution is 4.71. The molecule has 4 heteroatoms. The molecule has 0 amide bonds. The molecular weight excluding hydrogens is 184 g/mol. The van der Waals surface area contributed by atoms with E-state index in [1.54, 1.807) is 0 Å². The fourth-order valence-electron chi connectivity index (χ4n) is 0.727. The highest BCUT2D eigenvalue weighted by Crippen LogP contribution is 2.17. The molecule has 0 saturated carbocycles. The van der Waals surface area contributed by atoms with E-state index in [1.165, 1.54) is 25.0 Å². The Morgan fingerprint density at radius 2 is 1.21 bits per heavy atom. The van der Waals surface area contributed by atoms with Gasteiger partial charge in [0.1, 0.15) is 0 Å². The Morgan fingerprint density at radius 3 is 1.50 bits per heavy atom. The molecule has 0 atom stereocenters. The van der Waals surface area contributed by atoms with Crippen molar-refractivity contribution < 1.29 is 18.9 Å². The van der Waals surface area contributed by atoms with Crippen molar-refractivity contribution in [1.29, 1.82) is 0 Å². The molecule has 14 heavy (non-hydrogen) atoms. The molecule has 0 bridgehead atoms. The minimum atomic E-state index is -1.44. The lowest BCUT2D eigenvalue weighted by Crippen LogP contribution is -2.39. The van der Waals surface area contributed by atoms with Gasteiger partial charge < -0.3 is 18.9 Å². The largest absolute Gasteiger partial charge is 0.489 e. The second-order valence-electron chi connectivity index (χ2n) is 2.01. The molecule has 0 unspecified atom stereocenters. The van der Waals surface area contributed by atoms with E-state index in [0.717, 1.165) is 0 Å². The van der Waals surface area contributed by atoms with Crippen LogP contribution in [-0.2, 0) is 18.9 Å². The molecule has 0 spiro atoms. The van der Waals surface area contributed by atoms with Crippen LogP contribution in [-0.4, -0.2) is 12.6 Å². The zero-order valence-electron chi connectivity index (χ0n) is 7.98. The Labute approximate surface area is 83.7 Å². The first-order chi connectivity index (χ1) is 6.74. The zero-order chi connectivity index (χ0) is 10.9. The quantitative estimate of drug-likeness (QED) is 0.420. The monoisotopic (exact) mass is 198 g/mol. The van der Waals surface area contributed by atoms with Crippen molar-refractivity contribution in [3.63, 3.8) is 0 Å². The van der Waals surface area contributed by atoms with E-state index in [2.05, 4.69) is 26.3 Å². The molecular formula is C10H14O4. The summed E-state index contributed by atoms with van der Waals surface area (Å²) < 4.78 is 20.0. The number of ether oxygens (including phenoxy) is 4. The van der Waals surface area contributed by atoms with Gasteiger partial charge in [0, 0.05) is 0 Å². The van der Waals surface area contributed by atoms with Gasteiger partial charge in [-0.2, -0.15) is 0 Å². The Balaban J connectivity index is 4.50. The highest BCUT2D eigenvalue weighted by Gasteiger charge is 2.35. The lowest BCUT2D eigenvalue weighted by atomic mass is 10.5. The smallest absolute Gasteiger partial charge is 0.452 e. The lowest BCUT2D eigenvalue weighted by Gasteiger charge is -2.28. The van der Waals surface area contributed by atoms with Gasteiger partial charge in [0.2, 0.25) is 6.61 Å². The van der Waals surface area contributed by atoms with Crippen LogP contribution < -0.4 is 0 Å². The fraction of sp³-hybridized carbons (Fsp3) is 0.200. The fourth-order valence-corrected chi connectivity index (χ4v) is 0.727. The Hall–Kier alpha value is -1.84. The molecule has 0 aromatic rings. The van der Waals surface area contributed by atoms with Crippen LogP contribution in [0.5, 0.6) is 0 Å². The van der Waals surface area contributed by atoms with Crippen molar-refractivity contribution in [2.45, 2.75) is 5.97 Å². The minimum absolute atomic E-state index is 0.0272. The maximum absolute atomic E-state index is 5.02. The van der Waals surface area contributed by atoms with Crippen LogP contribution in [0, 0.1) is 0 Å². The van der Waals surface area contributed by atoms with Gasteiger partial charge in [-0.1, -0.05) is 26.3 Å². The van der Waals surface area contributed by atoms with E-state index < -0.39 is 5.97 Å². The number of hydrogen-bond donors (Lipinski definition) is 0. The van der Waals surface area contributed by atoms with E-state index in [1.807, 2.05) is 0 Å². The second-order valence-corrected chi connectivity index (χ2v) is 2.01. The molecule has 0 aliphatic carbocycles. The third-order valence-corrected chi connectivity index (χ3v) is 1.17. The predicted molar refractivity (Wildman–Crippen MR) is 52.7 cm³/mol. The van der Waals surface area contributed by atoms with Crippen LogP contribution >= 0.6 is 0 Å². The van der Waals surface area contributed by atoms with E-state index in [9.17, 15) is 0 Å². The Bertz CT molecular complexity index is 184. The molecule has 0 N–H and O–H groups in total. The van der Waals surface area contributed by atoms with Crippen molar-refractivity contribution in [1.82, 2.24) is 0 Å². The van der Waals surface area contributed by atoms with Crippen molar-refractivity contribution in [2.24, 2.45) is 0 Å². The van der Waals surface area contributed by atoms with Crippen LogP contribution in [0.3, 0.4) is 0 Å². The lowest BCUT2D eigenvalue weighted by molar-refractivity contribution is -0.331. The molecule has 0 radical (unpaired) electrons. The minimum Gasteiger partial charge on any atom is -0.489 e. The van der Waals surface area contributed by atoms with Crippen LogP contribution in [0.2, 0.25) is 0 Å². The second kappa shape index (κ2) is 6.65. The number of hydrogen-bond acceptors (Lipinski definition) is 4. The van der Waals surface area contributed by atoms with Gasteiger partial charge in [-0.15, -0.1) is 0 Å². The van der Waals surface area contributed by atoms with E-state index in [0.29, 0.717) is 0 Å². The molecule has 4 nitrogen and oxygen atoms in total. The average Bonchev–Trinajstić information content (AvgIpc) is 2.16. The normalized spacial score (nSPS) is 9.43. The average molecular weight is 198 g/mol. The van der Waals surface area contributed by atoms with Gasteiger partial charge in [-0.25, -0.2) is 0 Å². The third kappa shape index (κ3) is 3.71. The standard InChI is InChI=1S/C10H14O4/c1-5-11-9-10(12-6-2,13-7-3)14-8-4/h5-8H,1-4,9H2. The summed E-state index contributed by atoms with van der Waals surface area (Å²) in [4.78, 5) is 0. The molecule has 0 aliphatic heterocycles. The zero-order valence-corrected chi connectivity index (χ0v) is 7.98. The van der Waals surface area contributed by atoms with Gasteiger partial charge in [-0.05, 0) is 0 Å². The van der Waals surface area contributed by atoms with Crippen molar-refractivity contribution in [3.05, 3.63) is 51.4 Å². The summed E-state index contributed by atoms with van der Waals surface area (Å²) in [6.45, 7) is 13.5. The van der Waals surface area contributed by atoms with Gasteiger partial charge in [0.15, 0.2) is 0 Å². The summed E-state index contributed by atoms with van der Waals surface area (Å²) in [6.07, 6.45) is 4.73. The van der Waals surface area contributed by atoms with Gasteiger partial charge in [-0.3, -0.25) is 0 Å². The summed E-state index contributed by atoms with van der Waals surface area (Å²) in [6, 6.07) is 0. The molecule has 0 aromatic carbocycles. The Morgan fingerprint density at radius 1 is 0.786 bits per heavy atom. The molecule has 0 aliphatic rings. The first-order valence-corrected chi connectivity index (χ1v) is 3.83. The summed E-state index contributed by atoms with van der Waals surface area (Å²) in [7, 11) is 0. The maximum Gasteiger partial charge on any atom is 0.452 e. The maximum atomic E-state index is 5.02. The summed E-state index contributed by atoms with van der Waals surface area (Å²) in [5.41, 5.74) is 0. The predicted octanol–water partition coefficient (Wildman–Crippen LogP) is 2.28. The van der Waals surface area contributed by atoms with Crippen LogP contribution in [0.4, 0.5) is 0 Å². The van der Waals surface area contributed by atoms with E-state index in [4.69, 9.17) is 18.9 Å².